The lowest BCUT2D eigenvalue weighted by atomic mass is 10.1. The van der Waals surface area contributed by atoms with Crippen LogP contribution in [0.15, 0.2) is 42.6 Å². The minimum Gasteiger partial charge on any atom is -0.335 e. The molecular formula is C20H24N4O. The van der Waals surface area contributed by atoms with E-state index < -0.39 is 0 Å². The Bertz CT molecular complexity index is 883. The lowest BCUT2D eigenvalue weighted by Crippen LogP contribution is -2.31. The Kier molecular flexibility index (Phi) is 4.83. The van der Waals surface area contributed by atoms with Crippen LogP contribution in [0.3, 0.4) is 0 Å². The first kappa shape index (κ1) is 17.1. The van der Waals surface area contributed by atoms with E-state index in [0.717, 1.165) is 22.3 Å². The molecule has 0 saturated heterocycles. The summed E-state index contributed by atoms with van der Waals surface area (Å²) in [5.74, 6) is 0.00977. The maximum absolute atomic E-state index is 13.0. The highest BCUT2D eigenvalue weighted by atomic mass is 16.2. The summed E-state index contributed by atoms with van der Waals surface area (Å²) in [6.45, 7) is 9.28. The van der Waals surface area contributed by atoms with Crippen LogP contribution in [0, 0.1) is 6.92 Å². The fraction of sp³-hybridized carbons (Fsp3) is 0.350. The first-order valence-electron chi connectivity index (χ1n) is 8.69. The summed E-state index contributed by atoms with van der Waals surface area (Å²) in [6.07, 6.45) is 1.78. The fourth-order valence-corrected chi connectivity index (χ4v) is 2.96. The number of hydrogen-bond donors (Lipinski definition) is 0. The molecule has 1 amide bonds. The van der Waals surface area contributed by atoms with Crippen LogP contribution < -0.4 is 0 Å². The van der Waals surface area contributed by atoms with Crippen molar-refractivity contribution in [3.8, 4) is 0 Å². The number of amides is 1. The molecule has 3 rings (SSSR count). The smallest absolute Gasteiger partial charge is 0.256 e. The van der Waals surface area contributed by atoms with Crippen LogP contribution in [-0.2, 0) is 6.54 Å². The maximum Gasteiger partial charge on any atom is 0.256 e. The summed E-state index contributed by atoms with van der Waals surface area (Å²) in [6, 6.07) is 12.2. The molecule has 130 valence electrons. The largest absolute Gasteiger partial charge is 0.335 e. The van der Waals surface area contributed by atoms with Crippen molar-refractivity contribution in [3.05, 3.63) is 59.4 Å². The zero-order valence-corrected chi connectivity index (χ0v) is 15.2. The number of hydrogen-bond acceptors (Lipinski definition) is 3. The average molecular weight is 336 g/mol. The molecule has 0 atom stereocenters. The molecule has 0 unspecified atom stereocenters. The first-order valence-corrected chi connectivity index (χ1v) is 8.69. The van der Waals surface area contributed by atoms with Crippen LogP contribution in [0.4, 0.5) is 0 Å². The molecule has 0 aliphatic carbocycles. The molecule has 1 aromatic carbocycles. The normalized spacial score (nSPS) is 11.2. The van der Waals surface area contributed by atoms with E-state index in [9.17, 15) is 4.79 Å². The second-order valence-electron chi connectivity index (χ2n) is 6.52. The highest BCUT2D eigenvalue weighted by Crippen LogP contribution is 2.21. The number of rotatable bonds is 5. The molecule has 5 heteroatoms. The summed E-state index contributed by atoms with van der Waals surface area (Å²) in [5, 5.41) is 5.30. The predicted octanol–water partition coefficient (Wildman–Crippen LogP) is 3.98. The van der Waals surface area contributed by atoms with Gasteiger partial charge >= 0.3 is 0 Å². The zero-order valence-electron chi connectivity index (χ0n) is 15.2. The Morgan fingerprint density at radius 3 is 2.60 bits per heavy atom. The third kappa shape index (κ3) is 3.40. The van der Waals surface area contributed by atoms with E-state index in [4.69, 9.17) is 0 Å². The van der Waals surface area contributed by atoms with Gasteiger partial charge < -0.3 is 4.90 Å². The van der Waals surface area contributed by atoms with Gasteiger partial charge in [0.15, 0.2) is 5.65 Å². The summed E-state index contributed by atoms with van der Waals surface area (Å²) in [4.78, 5) is 19.5. The van der Waals surface area contributed by atoms with E-state index in [-0.39, 0.29) is 11.9 Å². The van der Waals surface area contributed by atoms with Crippen LogP contribution in [-0.4, -0.2) is 32.1 Å². The van der Waals surface area contributed by atoms with Gasteiger partial charge in [-0.05, 0) is 39.3 Å². The minimum atomic E-state index is 0.00977. The molecule has 0 radical (unpaired) electrons. The molecule has 0 fully saturated rings. The van der Waals surface area contributed by atoms with Crippen LogP contribution >= 0.6 is 0 Å². The van der Waals surface area contributed by atoms with Crippen molar-refractivity contribution in [3.63, 3.8) is 0 Å². The van der Waals surface area contributed by atoms with Crippen LogP contribution in [0.5, 0.6) is 0 Å². The topological polar surface area (TPSA) is 51.0 Å². The first-order chi connectivity index (χ1) is 12.0. The molecule has 0 bridgehead atoms. The molecule has 0 aliphatic rings. The highest BCUT2D eigenvalue weighted by Gasteiger charge is 2.19. The van der Waals surface area contributed by atoms with Gasteiger partial charge in [-0.1, -0.05) is 30.3 Å². The molecule has 2 heterocycles. The van der Waals surface area contributed by atoms with Gasteiger partial charge in [-0.25, -0.2) is 9.67 Å². The van der Waals surface area contributed by atoms with E-state index in [1.807, 2.05) is 59.8 Å². The summed E-state index contributed by atoms with van der Waals surface area (Å²) < 4.78 is 1.89. The Morgan fingerprint density at radius 2 is 1.96 bits per heavy atom. The minimum absolute atomic E-state index is 0.00977. The number of benzene rings is 1. The van der Waals surface area contributed by atoms with Gasteiger partial charge in [-0.15, -0.1) is 0 Å². The highest BCUT2D eigenvalue weighted by molar-refractivity contribution is 5.98. The van der Waals surface area contributed by atoms with Gasteiger partial charge in [0, 0.05) is 24.5 Å². The number of nitrogens with zero attached hydrogens (tertiary/aromatic N) is 4. The second-order valence-corrected chi connectivity index (χ2v) is 6.52. The van der Waals surface area contributed by atoms with Gasteiger partial charge in [0.25, 0.3) is 5.91 Å². The van der Waals surface area contributed by atoms with E-state index >= 15 is 0 Å². The SMILES string of the molecule is CCN(Cc1ccccc1)C(=O)c1cc2cnn(C(C)C)c2nc1C. The third-order valence-corrected chi connectivity index (χ3v) is 4.36. The molecule has 2 aromatic heterocycles. The van der Waals surface area contributed by atoms with Crippen LogP contribution in [0.25, 0.3) is 11.0 Å². The zero-order chi connectivity index (χ0) is 18.0. The van der Waals surface area contributed by atoms with Gasteiger partial charge in [0.1, 0.15) is 0 Å². The quantitative estimate of drug-likeness (QED) is 0.708. The van der Waals surface area contributed by atoms with Gasteiger partial charge in [-0.2, -0.15) is 5.10 Å². The predicted molar refractivity (Wildman–Crippen MR) is 99.5 cm³/mol. The van der Waals surface area contributed by atoms with Gasteiger partial charge in [-0.3, -0.25) is 4.79 Å². The second kappa shape index (κ2) is 7.05. The van der Waals surface area contributed by atoms with E-state index in [1.165, 1.54) is 0 Å². The molecule has 25 heavy (non-hydrogen) atoms. The number of aryl methyl sites for hydroxylation is 1. The molecule has 0 N–H and O–H groups in total. The molecule has 5 nitrogen and oxygen atoms in total. The summed E-state index contributed by atoms with van der Waals surface area (Å²) in [5.41, 5.74) is 3.34. The fourth-order valence-electron chi connectivity index (χ4n) is 2.96. The number of fused-ring (bicyclic) bond motifs is 1. The van der Waals surface area contributed by atoms with E-state index in [0.29, 0.717) is 18.7 Å². The van der Waals surface area contributed by atoms with Crippen molar-refractivity contribution in [1.29, 1.82) is 0 Å². The number of carbonyl (C=O) groups excluding carboxylic acids is 1. The maximum atomic E-state index is 13.0. The Balaban J connectivity index is 1.94. The van der Waals surface area contributed by atoms with Gasteiger partial charge in [0.05, 0.1) is 17.5 Å². The number of carbonyl (C=O) groups is 1. The third-order valence-electron chi connectivity index (χ3n) is 4.36. The summed E-state index contributed by atoms with van der Waals surface area (Å²) in [7, 11) is 0. The Hall–Kier alpha value is -2.69. The van der Waals surface area contributed by atoms with E-state index in [1.54, 1.807) is 6.20 Å². The number of pyridine rings is 1. The van der Waals surface area contributed by atoms with Gasteiger partial charge in [0.2, 0.25) is 0 Å². The summed E-state index contributed by atoms with van der Waals surface area (Å²) >= 11 is 0. The molecular weight excluding hydrogens is 312 g/mol. The molecule has 3 aromatic rings. The molecule has 0 spiro atoms. The van der Waals surface area contributed by atoms with E-state index in [2.05, 4.69) is 23.9 Å². The van der Waals surface area contributed by atoms with Crippen molar-refractivity contribution in [2.45, 2.75) is 40.3 Å². The van der Waals surface area contributed by atoms with Crippen molar-refractivity contribution >= 4 is 16.9 Å². The lowest BCUT2D eigenvalue weighted by molar-refractivity contribution is 0.0751. The monoisotopic (exact) mass is 336 g/mol. The molecule has 0 saturated carbocycles. The Labute approximate surface area is 148 Å². The van der Waals surface area contributed by atoms with Crippen molar-refractivity contribution < 1.29 is 4.79 Å². The van der Waals surface area contributed by atoms with Crippen LogP contribution in [0.2, 0.25) is 0 Å². The van der Waals surface area contributed by atoms with Crippen molar-refractivity contribution in [2.75, 3.05) is 6.54 Å². The molecule has 0 aliphatic heterocycles. The Morgan fingerprint density at radius 1 is 1.24 bits per heavy atom. The lowest BCUT2D eigenvalue weighted by Gasteiger charge is -2.22. The number of aromatic nitrogens is 3. The standard InChI is InChI=1S/C20H24N4O/c1-5-23(13-16-9-7-6-8-10-16)20(25)18-11-17-12-21-24(14(2)3)19(17)22-15(18)4/h6-12,14H,5,13H2,1-4H3. The van der Waals surface area contributed by atoms with Crippen LogP contribution in [0.1, 0.15) is 48.4 Å². The van der Waals surface area contributed by atoms with Crippen molar-refractivity contribution in [2.24, 2.45) is 0 Å². The average Bonchev–Trinajstić information content (AvgIpc) is 3.02. The van der Waals surface area contributed by atoms with Crippen molar-refractivity contribution in [1.82, 2.24) is 19.7 Å².